The molecule has 2 rings (SSSR count). The largest absolute Gasteiger partial charge is 0.264 e. The Morgan fingerprint density at radius 3 is 2.83 bits per heavy atom. The molecule has 0 N–H and O–H groups in total. The van der Waals surface area contributed by atoms with Crippen molar-refractivity contribution in [2.75, 3.05) is 0 Å². The second kappa shape index (κ2) is 5.37. The first-order chi connectivity index (χ1) is 8.74. The number of hydrogen-bond acceptors (Lipinski definition) is 4. The van der Waals surface area contributed by atoms with E-state index in [1.807, 2.05) is 32.0 Å². The van der Waals surface area contributed by atoms with Crippen molar-refractivity contribution >= 4 is 0 Å². The zero-order valence-corrected chi connectivity index (χ0v) is 10.5. The number of pyridine rings is 1. The Labute approximate surface area is 106 Å². The van der Waals surface area contributed by atoms with Gasteiger partial charge in [0, 0.05) is 23.7 Å². The Morgan fingerprint density at radius 2 is 2.22 bits per heavy atom. The monoisotopic (exact) mass is 238 g/mol. The van der Waals surface area contributed by atoms with E-state index in [9.17, 15) is 0 Å². The van der Waals surface area contributed by atoms with Crippen molar-refractivity contribution in [1.82, 2.24) is 15.0 Å². The maximum atomic E-state index is 9.09. The molecule has 2 aromatic heterocycles. The van der Waals surface area contributed by atoms with Gasteiger partial charge < -0.3 is 0 Å². The van der Waals surface area contributed by atoms with Crippen LogP contribution < -0.4 is 0 Å². The van der Waals surface area contributed by atoms with Crippen LogP contribution in [0, 0.1) is 18.3 Å². The molecule has 4 nitrogen and oxygen atoms in total. The molecule has 0 radical (unpaired) electrons. The van der Waals surface area contributed by atoms with Crippen LogP contribution in [0.1, 0.15) is 30.8 Å². The summed E-state index contributed by atoms with van der Waals surface area (Å²) in [7, 11) is 0. The normalized spacial score (nSPS) is 11.8. The first-order valence-electron chi connectivity index (χ1n) is 5.90. The van der Waals surface area contributed by atoms with Gasteiger partial charge in [-0.05, 0) is 31.5 Å². The molecular weight excluding hydrogens is 224 g/mol. The molecule has 2 aromatic rings. The van der Waals surface area contributed by atoms with Crippen molar-refractivity contribution in [3.8, 4) is 17.3 Å². The van der Waals surface area contributed by atoms with Crippen LogP contribution in [0.15, 0.2) is 30.6 Å². The molecule has 2 heterocycles. The van der Waals surface area contributed by atoms with E-state index >= 15 is 0 Å². The minimum absolute atomic E-state index is 0.250. The fourth-order valence-corrected chi connectivity index (χ4v) is 1.74. The van der Waals surface area contributed by atoms with Gasteiger partial charge in [0.15, 0.2) is 0 Å². The Hall–Kier alpha value is -2.28. The predicted octanol–water partition coefficient (Wildman–Crippen LogP) is 2.86. The smallest absolute Gasteiger partial charge is 0.146 e. The number of nitriles is 1. The Bertz CT molecular complexity index is 572. The zero-order chi connectivity index (χ0) is 13.0. The van der Waals surface area contributed by atoms with Gasteiger partial charge in [0.2, 0.25) is 0 Å². The highest BCUT2D eigenvalue weighted by atomic mass is 14.9. The van der Waals surface area contributed by atoms with Crippen molar-refractivity contribution in [1.29, 1.82) is 5.26 Å². The molecule has 0 bridgehead atoms. The molecule has 4 heteroatoms. The van der Waals surface area contributed by atoms with E-state index in [0.717, 1.165) is 17.0 Å². The number of nitrogens with zero attached hydrogens (tertiary/aromatic N) is 4. The molecule has 18 heavy (non-hydrogen) atoms. The first kappa shape index (κ1) is 12.2. The van der Waals surface area contributed by atoms with E-state index in [1.165, 1.54) is 0 Å². The van der Waals surface area contributed by atoms with Gasteiger partial charge in [-0.1, -0.05) is 6.92 Å². The molecule has 0 saturated carbocycles. The van der Waals surface area contributed by atoms with E-state index in [4.69, 9.17) is 5.26 Å². The first-order valence-corrected chi connectivity index (χ1v) is 5.90. The maximum Gasteiger partial charge on any atom is 0.146 e. The summed E-state index contributed by atoms with van der Waals surface area (Å²) in [6, 6.07) is 7.96. The Balaban J connectivity index is 2.48. The maximum absolute atomic E-state index is 9.09. The second-order valence-electron chi connectivity index (χ2n) is 4.08. The van der Waals surface area contributed by atoms with Gasteiger partial charge in [-0.15, -0.1) is 0 Å². The van der Waals surface area contributed by atoms with Crippen molar-refractivity contribution in [2.24, 2.45) is 0 Å². The molecule has 0 aliphatic rings. The van der Waals surface area contributed by atoms with Crippen LogP contribution in [0.25, 0.3) is 11.3 Å². The molecule has 1 atom stereocenters. The Morgan fingerprint density at radius 1 is 1.39 bits per heavy atom. The Kier molecular flexibility index (Phi) is 3.63. The predicted molar refractivity (Wildman–Crippen MR) is 68.6 cm³/mol. The highest BCUT2D eigenvalue weighted by Gasteiger charge is 2.13. The minimum atomic E-state index is -0.250. The molecule has 0 aliphatic carbocycles. The summed E-state index contributed by atoms with van der Waals surface area (Å²) in [6.45, 7) is 3.87. The van der Waals surface area contributed by atoms with Crippen LogP contribution in [0.5, 0.6) is 0 Å². The molecule has 90 valence electrons. The molecule has 0 amide bonds. The molecule has 0 aromatic carbocycles. The lowest BCUT2D eigenvalue weighted by molar-refractivity contribution is 0.746. The number of hydrogen-bond donors (Lipinski definition) is 0. The van der Waals surface area contributed by atoms with Gasteiger partial charge in [0.1, 0.15) is 11.7 Å². The third-order valence-electron chi connectivity index (χ3n) is 2.70. The molecule has 0 fully saturated rings. The third kappa shape index (κ3) is 2.51. The number of rotatable bonds is 3. The summed E-state index contributed by atoms with van der Waals surface area (Å²) in [5, 5.41) is 9.09. The van der Waals surface area contributed by atoms with Crippen molar-refractivity contribution < 1.29 is 0 Å². The lowest BCUT2D eigenvalue weighted by Crippen LogP contribution is -2.04. The minimum Gasteiger partial charge on any atom is -0.264 e. The second-order valence-corrected chi connectivity index (χ2v) is 4.08. The van der Waals surface area contributed by atoms with Crippen LogP contribution in [-0.2, 0) is 0 Å². The van der Waals surface area contributed by atoms with E-state index in [0.29, 0.717) is 12.2 Å². The molecule has 0 spiro atoms. The third-order valence-corrected chi connectivity index (χ3v) is 2.70. The van der Waals surface area contributed by atoms with E-state index in [1.54, 1.807) is 12.4 Å². The summed E-state index contributed by atoms with van der Waals surface area (Å²) in [5.41, 5.74) is 2.63. The van der Waals surface area contributed by atoms with E-state index in [-0.39, 0.29) is 5.92 Å². The average Bonchev–Trinajstić information content (AvgIpc) is 2.40. The number of aromatic nitrogens is 3. The summed E-state index contributed by atoms with van der Waals surface area (Å²) in [6.07, 6.45) is 4.20. The van der Waals surface area contributed by atoms with E-state index < -0.39 is 0 Å². The van der Waals surface area contributed by atoms with Crippen LogP contribution in [0.2, 0.25) is 0 Å². The van der Waals surface area contributed by atoms with Crippen LogP contribution in [-0.4, -0.2) is 15.0 Å². The van der Waals surface area contributed by atoms with Gasteiger partial charge >= 0.3 is 0 Å². The quantitative estimate of drug-likeness (QED) is 0.824. The topological polar surface area (TPSA) is 62.5 Å². The average molecular weight is 238 g/mol. The molecule has 0 aliphatic heterocycles. The van der Waals surface area contributed by atoms with Gasteiger partial charge in [-0.25, -0.2) is 9.97 Å². The van der Waals surface area contributed by atoms with Gasteiger partial charge in [-0.2, -0.15) is 5.26 Å². The summed E-state index contributed by atoms with van der Waals surface area (Å²) in [4.78, 5) is 12.9. The number of aryl methyl sites for hydroxylation is 1. The van der Waals surface area contributed by atoms with Gasteiger partial charge in [0.05, 0.1) is 11.8 Å². The standard InChI is InChI=1S/C14H14N4/c1-3-11(8-15)14-17-10(2)7-13(18-14)12-5-4-6-16-9-12/h4-7,9,11H,3H2,1-2H3. The molecule has 0 saturated heterocycles. The summed E-state index contributed by atoms with van der Waals surface area (Å²) < 4.78 is 0. The fraction of sp³-hybridized carbons (Fsp3) is 0.286. The highest BCUT2D eigenvalue weighted by Crippen LogP contribution is 2.20. The van der Waals surface area contributed by atoms with Crippen molar-refractivity contribution in [3.63, 3.8) is 0 Å². The molecular formula is C14H14N4. The molecule has 1 unspecified atom stereocenters. The van der Waals surface area contributed by atoms with Crippen molar-refractivity contribution in [2.45, 2.75) is 26.2 Å². The highest BCUT2D eigenvalue weighted by molar-refractivity contribution is 5.57. The van der Waals surface area contributed by atoms with E-state index in [2.05, 4.69) is 21.0 Å². The van der Waals surface area contributed by atoms with Crippen LogP contribution in [0.4, 0.5) is 0 Å². The van der Waals surface area contributed by atoms with Crippen LogP contribution >= 0.6 is 0 Å². The van der Waals surface area contributed by atoms with Gasteiger partial charge in [0.25, 0.3) is 0 Å². The lowest BCUT2D eigenvalue weighted by atomic mass is 10.1. The lowest BCUT2D eigenvalue weighted by Gasteiger charge is -2.08. The summed E-state index contributed by atoms with van der Waals surface area (Å²) in [5.74, 6) is 0.346. The fourth-order valence-electron chi connectivity index (χ4n) is 1.74. The van der Waals surface area contributed by atoms with Crippen LogP contribution in [0.3, 0.4) is 0 Å². The van der Waals surface area contributed by atoms with Crippen molar-refractivity contribution in [3.05, 3.63) is 42.1 Å². The summed E-state index contributed by atoms with van der Waals surface area (Å²) >= 11 is 0. The van der Waals surface area contributed by atoms with Gasteiger partial charge in [-0.3, -0.25) is 4.98 Å². The zero-order valence-electron chi connectivity index (χ0n) is 10.5. The SMILES string of the molecule is CCC(C#N)c1nc(C)cc(-c2cccnc2)n1.